The number of halogens is 2. The van der Waals surface area contributed by atoms with Crippen molar-refractivity contribution in [2.75, 3.05) is 43.1 Å². The minimum absolute atomic E-state index is 0.0320. The van der Waals surface area contributed by atoms with Crippen LogP contribution < -0.4 is 10.2 Å². The van der Waals surface area contributed by atoms with Crippen LogP contribution in [0.25, 0.3) is 6.08 Å². The van der Waals surface area contributed by atoms with E-state index < -0.39 is 17.8 Å². The number of anilines is 2. The fourth-order valence-electron chi connectivity index (χ4n) is 4.09. The molecule has 1 aromatic carbocycles. The summed E-state index contributed by atoms with van der Waals surface area (Å²) in [6.07, 6.45) is 3.04. The van der Waals surface area contributed by atoms with E-state index in [0.29, 0.717) is 36.2 Å². The SMILES string of the molecule is CCO[C@@H]1C[C@H](C(=O)Nc2ccc(N3CCOCC3=O)cc2F)N(C(=O)/C=C/c2ccc(Cl)s2)C1. The Balaban J connectivity index is 1.47. The summed E-state index contributed by atoms with van der Waals surface area (Å²) in [5.74, 6) is -1.80. The molecule has 0 radical (unpaired) electrons. The van der Waals surface area contributed by atoms with Crippen LogP contribution >= 0.6 is 22.9 Å². The van der Waals surface area contributed by atoms with Crippen LogP contribution in [0.5, 0.6) is 0 Å². The van der Waals surface area contributed by atoms with Crippen LogP contribution in [0.4, 0.5) is 15.8 Å². The average molecular weight is 522 g/mol. The summed E-state index contributed by atoms with van der Waals surface area (Å²) in [7, 11) is 0. The third-order valence-corrected chi connectivity index (χ3v) is 6.94. The topological polar surface area (TPSA) is 88.2 Å². The van der Waals surface area contributed by atoms with Crippen LogP contribution in [0.1, 0.15) is 18.2 Å². The number of ether oxygens (including phenoxy) is 2. The highest BCUT2D eigenvalue weighted by Gasteiger charge is 2.39. The Morgan fingerprint density at radius 1 is 1.34 bits per heavy atom. The summed E-state index contributed by atoms with van der Waals surface area (Å²) in [6, 6.07) is 6.89. The van der Waals surface area contributed by atoms with Crippen LogP contribution in [-0.4, -0.2) is 67.7 Å². The molecule has 1 aromatic heterocycles. The second-order valence-electron chi connectivity index (χ2n) is 8.05. The molecule has 0 spiro atoms. The van der Waals surface area contributed by atoms with Gasteiger partial charge in [0.25, 0.3) is 5.91 Å². The molecule has 11 heteroatoms. The van der Waals surface area contributed by atoms with Crippen LogP contribution in [-0.2, 0) is 23.9 Å². The van der Waals surface area contributed by atoms with Gasteiger partial charge < -0.3 is 24.6 Å². The maximum atomic E-state index is 14.8. The highest BCUT2D eigenvalue weighted by molar-refractivity contribution is 7.17. The number of amides is 3. The third kappa shape index (κ3) is 6.07. The molecule has 2 aliphatic heterocycles. The van der Waals surface area contributed by atoms with Crippen molar-refractivity contribution in [1.82, 2.24) is 4.90 Å². The summed E-state index contributed by atoms with van der Waals surface area (Å²) in [5.41, 5.74) is 0.359. The molecule has 0 bridgehead atoms. The molecule has 0 aliphatic carbocycles. The lowest BCUT2D eigenvalue weighted by atomic mass is 10.1. The van der Waals surface area contributed by atoms with Gasteiger partial charge in [-0.25, -0.2) is 4.39 Å². The molecular formula is C24H25ClFN3O5S. The molecule has 8 nitrogen and oxygen atoms in total. The third-order valence-electron chi connectivity index (χ3n) is 5.74. The molecule has 2 saturated heterocycles. The normalized spacial score (nSPS) is 20.6. The zero-order valence-electron chi connectivity index (χ0n) is 19.0. The monoisotopic (exact) mass is 521 g/mol. The molecule has 0 saturated carbocycles. The van der Waals surface area contributed by atoms with Gasteiger partial charge in [0.1, 0.15) is 18.5 Å². The number of rotatable bonds is 7. The second kappa shape index (κ2) is 11.3. The van der Waals surface area contributed by atoms with Crippen molar-refractivity contribution < 1.29 is 28.2 Å². The fourth-order valence-corrected chi connectivity index (χ4v) is 5.06. The lowest BCUT2D eigenvalue weighted by Gasteiger charge is -2.27. The van der Waals surface area contributed by atoms with Crippen LogP contribution in [0.2, 0.25) is 4.34 Å². The molecule has 186 valence electrons. The Kier molecular flexibility index (Phi) is 8.17. The standard InChI is InChI=1S/C24H25ClFN3O5S/c1-2-34-16-12-20(29(13-16)22(30)8-5-17-4-7-21(25)35-17)24(32)27-19-6-3-15(11-18(19)26)28-9-10-33-14-23(28)31/h3-8,11,16,20H,2,9-10,12-14H2,1H3,(H,27,32)/b8-5+/t16-,20-/m1/s1. The number of carbonyl (C=O) groups is 3. The first-order chi connectivity index (χ1) is 16.9. The summed E-state index contributed by atoms with van der Waals surface area (Å²) in [6.45, 7) is 3.18. The van der Waals surface area contributed by atoms with Gasteiger partial charge in [0.15, 0.2) is 0 Å². The molecule has 35 heavy (non-hydrogen) atoms. The molecule has 3 amide bonds. The highest BCUT2D eigenvalue weighted by Crippen LogP contribution is 2.27. The quantitative estimate of drug-likeness (QED) is 0.563. The molecule has 3 heterocycles. The Morgan fingerprint density at radius 3 is 2.86 bits per heavy atom. The van der Waals surface area contributed by atoms with Crippen molar-refractivity contribution in [3.05, 3.63) is 51.4 Å². The Labute approximate surface area is 211 Å². The number of carbonyl (C=O) groups excluding carboxylic acids is 3. The predicted molar refractivity (Wildman–Crippen MR) is 132 cm³/mol. The van der Waals surface area contributed by atoms with E-state index >= 15 is 0 Å². The van der Waals surface area contributed by atoms with E-state index in [-0.39, 0.29) is 36.8 Å². The van der Waals surface area contributed by atoms with Crippen molar-refractivity contribution in [3.63, 3.8) is 0 Å². The summed E-state index contributed by atoms with van der Waals surface area (Å²) in [4.78, 5) is 41.7. The number of nitrogens with one attached hydrogen (secondary N) is 1. The average Bonchev–Trinajstić information content (AvgIpc) is 3.45. The van der Waals surface area contributed by atoms with Crippen LogP contribution in [0, 0.1) is 5.82 Å². The van der Waals surface area contributed by atoms with Gasteiger partial charge in [0, 0.05) is 42.8 Å². The van der Waals surface area contributed by atoms with Crippen molar-refractivity contribution in [2.45, 2.75) is 25.5 Å². The Hall–Kier alpha value is -2.79. The first kappa shape index (κ1) is 25.3. The molecule has 2 aliphatic rings. The van der Waals surface area contributed by atoms with Crippen molar-refractivity contribution in [1.29, 1.82) is 0 Å². The van der Waals surface area contributed by atoms with Gasteiger partial charge in [-0.3, -0.25) is 14.4 Å². The number of thiophene rings is 1. The van der Waals surface area contributed by atoms with Crippen molar-refractivity contribution >= 4 is 58.1 Å². The van der Waals surface area contributed by atoms with E-state index in [9.17, 15) is 18.8 Å². The van der Waals surface area contributed by atoms with Gasteiger partial charge in [-0.1, -0.05) is 11.6 Å². The van der Waals surface area contributed by atoms with E-state index in [2.05, 4.69) is 5.32 Å². The second-order valence-corrected chi connectivity index (χ2v) is 9.79. The number of nitrogens with zero attached hydrogens (tertiary/aromatic N) is 2. The van der Waals surface area contributed by atoms with Gasteiger partial charge >= 0.3 is 0 Å². The van der Waals surface area contributed by atoms with Crippen LogP contribution in [0.15, 0.2) is 36.4 Å². The molecule has 2 aromatic rings. The molecular weight excluding hydrogens is 497 g/mol. The number of benzene rings is 1. The lowest BCUT2D eigenvalue weighted by Crippen LogP contribution is -2.42. The van der Waals surface area contributed by atoms with Gasteiger partial charge in [0.05, 0.1) is 22.7 Å². The van der Waals surface area contributed by atoms with E-state index in [0.717, 1.165) is 4.88 Å². The first-order valence-electron chi connectivity index (χ1n) is 11.2. The zero-order valence-corrected chi connectivity index (χ0v) is 20.6. The lowest BCUT2D eigenvalue weighted by molar-refractivity contribution is -0.132. The molecule has 1 N–H and O–H groups in total. The maximum Gasteiger partial charge on any atom is 0.253 e. The summed E-state index contributed by atoms with van der Waals surface area (Å²) in [5, 5.41) is 2.59. The maximum absolute atomic E-state index is 14.8. The molecule has 0 unspecified atom stereocenters. The van der Waals surface area contributed by atoms with E-state index in [1.165, 1.54) is 39.3 Å². The van der Waals surface area contributed by atoms with Gasteiger partial charge in [0.2, 0.25) is 11.8 Å². The van der Waals surface area contributed by atoms with E-state index in [1.54, 1.807) is 24.3 Å². The minimum Gasteiger partial charge on any atom is -0.377 e. The molecule has 2 fully saturated rings. The Bertz CT molecular complexity index is 1140. The minimum atomic E-state index is -0.824. The smallest absolute Gasteiger partial charge is 0.253 e. The Morgan fingerprint density at radius 2 is 2.17 bits per heavy atom. The predicted octanol–water partition coefficient (Wildman–Crippen LogP) is 3.56. The number of hydrogen-bond acceptors (Lipinski definition) is 6. The van der Waals surface area contributed by atoms with E-state index in [4.69, 9.17) is 21.1 Å². The molecule has 4 rings (SSSR count). The largest absolute Gasteiger partial charge is 0.377 e. The number of hydrogen-bond donors (Lipinski definition) is 1. The van der Waals surface area contributed by atoms with Gasteiger partial charge in [-0.05, 0) is 43.3 Å². The first-order valence-corrected chi connectivity index (χ1v) is 12.4. The van der Waals surface area contributed by atoms with Crippen molar-refractivity contribution in [2.24, 2.45) is 0 Å². The highest BCUT2D eigenvalue weighted by atomic mass is 35.5. The van der Waals surface area contributed by atoms with Crippen LogP contribution in [0.3, 0.4) is 0 Å². The molecule has 2 atom stereocenters. The summed E-state index contributed by atoms with van der Waals surface area (Å²) < 4.78 is 26.2. The van der Waals surface area contributed by atoms with E-state index in [1.807, 2.05) is 6.92 Å². The fraction of sp³-hybridized carbons (Fsp3) is 0.375. The van der Waals surface area contributed by atoms with Crippen molar-refractivity contribution in [3.8, 4) is 0 Å². The van der Waals surface area contributed by atoms with Gasteiger partial charge in [-0.15, -0.1) is 11.3 Å². The number of likely N-dealkylation sites (tertiary alicyclic amines) is 1. The summed E-state index contributed by atoms with van der Waals surface area (Å²) >= 11 is 7.27. The zero-order chi connectivity index (χ0) is 24.9. The number of morpholine rings is 1. The van der Waals surface area contributed by atoms with Gasteiger partial charge in [-0.2, -0.15) is 0 Å².